The van der Waals surface area contributed by atoms with E-state index in [1.54, 1.807) is 17.0 Å². The van der Waals surface area contributed by atoms with Gasteiger partial charge >= 0.3 is 5.97 Å². The number of aromatic nitrogens is 1. The lowest BCUT2D eigenvalue weighted by atomic mass is 10.2. The maximum Gasteiger partial charge on any atom is 0.339 e. The first-order valence-corrected chi connectivity index (χ1v) is 9.58. The summed E-state index contributed by atoms with van der Waals surface area (Å²) >= 11 is 5.94. The van der Waals surface area contributed by atoms with Crippen LogP contribution in [0.5, 0.6) is 0 Å². The Bertz CT molecular complexity index is 929. The summed E-state index contributed by atoms with van der Waals surface area (Å²) in [4.78, 5) is 17.5. The first kappa shape index (κ1) is 18.4. The highest BCUT2D eigenvalue weighted by molar-refractivity contribution is 7.92. The van der Waals surface area contributed by atoms with Crippen LogP contribution >= 0.6 is 11.6 Å². The van der Waals surface area contributed by atoms with Gasteiger partial charge in [0.25, 0.3) is 10.0 Å². The Morgan fingerprint density at radius 1 is 1.27 bits per heavy atom. The number of aromatic carboxylic acids is 1. The zero-order valence-electron chi connectivity index (χ0n) is 13.6. The van der Waals surface area contributed by atoms with Crippen LogP contribution in [-0.2, 0) is 14.8 Å². The second-order valence-corrected chi connectivity index (χ2v) is 7.59. The van der Waals surface area contributed by atoms with Crippen molar-refractivity contribution in [3.63, 3.8) is 0 Å². The van der Waals surface area contributed by atoms with E-state index in [9.17, 15) is 18.3 Å². The fourth-order valence-electron chi connectivity index (χ4n) is 2.57. The molecule has 2 N–H and O–H groups in total. The van der Waals surface area contributed by atoms with Crippen LogP contribution in [0.3, 0.4) is 0 Å². The van der Waals surface area contributed by atoms with Crippen molar-refractivity contribution in [3.05, 3.63) is 47.1 Å². The van der Waals surface area contributed by atoms with Crippen molar-refractivity contribution in [2.24, 2.45) is 0 Å². The molecule has 1 saturated heterocycles. The maximum atomic E-state index is 12.5. The minimum Gasteiger partial charge on any atom is -0.478 e. The van der Waals surface area contributed by atoms with Gasteiger partial charge in [-0.3, -0.25) is 4.72 Å². The zero-order valence-corrected chi connectivity index (χ0v) is 15.1. The smallest absolute Gasteiger partial charge is 0.339 e. The van der Waals surface area contributed by atoms with Crippen molar-refractivity contribution in [1.82, 2.24) is 4.98 Å². The van der Waals surface area contributed by atoms with Crippen LogP contribution < -0.4 is 9.62 Å². The summed E-state index contributed by atoms with van der Waals surface area (Å²) in [5, 5.41) is 9.55. The third-order valence-electron chi connectivity index (χ3n) is 3.79. The van der Waals surface area contributed by atoms with Gasteiger partial charge < -0.3 is 14.7 Å². The first-order chi connectivity index (χ1) is 12.4. The predicted octanol–water partition coefficient (Wildman–Crippen LogP) is 2.07. The number of hydrogen-bond acceptors (Lipinski definition) is 6. The van der Waals surface area contributed by atoms with Gasteiger partial charge in [0.15, 0.2) is 0 Å². The lowest BCUT2D eigenvalue weighted by Crippen LogP contribution is -2.37. The monoisotopic (exact) mass is 397 g/mol. The average Bonchev–Trinajstić information content (AvgIpc) is 2.62. The highest BCUT2D eigenvalue weighted by Gasteiger charge is 2.23. The van der Waals surface area contributed by atoms with Gasteiger partial charge in [0, 0.05) is 13.1 Å². The van der Waals surface area contributed by atoms with Gasteiger partial charge in [0.05, 0.1) is 30.1 Å². The molecule has 138 valence electrons. The molecule has 2 aromatic rings. The van der Waals surface area contributed by atoms with E-state index >= 15 is 0 Å². The molecule has 1 aromatic carbocycles. The number of pyridine rings is 1. The SMILES string of the molecule is O=C(O)c1cc(NS(=O)(=O)c2ccccc2Cl)cnc1N1CCOCC1. The first-order valence-electron chi connectivity index (χ1n) is 7.72. The Morgan fingerprint density at radius 3 is 2.62 bits per heavy atom. The molecule has 10 heteroatoms. The summed E-state index contributed by atoms with van der Waals surface area (Å²) in [6, 6.07) is 7.22. The Morgan fingerprint density at radius 2 is 1.96 bits per heavy atom. The van der Waals surface area contributed by atoms with Crippen LogP contribution in [0.1, 0.15) is 10.4 Å². The number of halogens is 1. The lowest BCUT2D eigenvalue weighted by molar-refractivity contribution is 0.0696. The second kappa shape index (κ2) is 7.48. The van der Waals surface area contributed by atoms with Gasteiger partial charge in [-0.25, -0.2) is 18.2 Å². The van der Waals surface area contributed by atoms with Gasteiger partial charge in [0.2, 0.25) is 0 Å². The summed E-state index contributed by atoms with van der Waals surface area (Å²) in [6.07, 6.45) is 1.28. The number of ether oxygens (including phenoxy) is 1. The minimum atomic E-state index is -3.97. The van der Waals surface area contributed by atoms with E-state index in [0.29, 0.717) is 26.3 Å². The van der Waals surface area contributed by atoms with Gasteiger partial charge in [-0.2, -0.15) is 0 Å². The van der Waals surface area contributed by atoms with E-state index in [-0.39, 0.29) is 27.0 Å². The highest BCUT2D eigenvalue weighted by Crippen LogP contribution is 2.26. The van der Waals surface area contributed by atoms with Crippen LogP contribution in [0, 0.1) is 0 Å². The summed E-state index contributed by atoms with van der Waals surface area (Å²) in [7, 11) is -3.97. The normalized spacial score (nSPS) is 14.9. The molecule has 1 aliphatic heterocycles. The molecule has 0 spiro atoms. The van der Waals surface area contributed by atoms with Crippen LogP contribution in [0.2, 0.25) is 5.02 Å². The highest BCUT2D eigenvalue weighted by atomic mass is 35.5. The average molecular weight is 398 g/mol. The van der Waals surface area contributed by atoms with Crippen LogP contribution in [0.15, 0.2) is 41.4 Å². The van der Waals surface area contributed by atoms with Gasteiger partial charge in [-0.15, -0.1) is 0 Å². The largest absolute Gasteiger partial charge is 0.478 e. The molecule has 1 aromatic heterocycles. The Labute approximate surface area is 155 Å². The number of carbonyl (C=O) groups is 1. The predicted molar refractivity (Wildman–Crippen MR) is 96.5 cm³/mol. The number of carboxylic acids is 1. The molecule has 0 bridgehead atoms. The molecule has 0 aliphatic carbocycles. The fourth-order valence-corrected chi connectivity index (χ4v) is 4.13. The molecule has 2 heterocycles. The summed E-state index contributed by atoms with van der Waals surface area (Å²) in [5.41, 5.74) is -0.0504. The van der Waals surface area contributed by atoms with Gasteiger partial charge in [0.1, 0.15) is 16.3 Å². The molecular formula is C16H16ClN3O5S. The molecule has 26 heavy (non-hydrogen) atoms. The molecule has 3 rings (SSSR count). The van der Waals surface area contributed by atoms with E-state index < -0.39 is 16.0 Å². The van der Waals surface area contributed by atoms with Crippen LogP contribution in [-0.4, -0.2) is 50.8 Å². The maximum absolute atomic E-state index is 12.5. The molecule has 1 fully saturated rings. The molecule has 0 saturated carbocycles. The number of hydrogen-bond donors (Lipinski definition) is 2. The third kappa shape index (κ3) is 3.90. The number of rotatable bonds is 5. The number of nitrogens with one attached hydrogen (secondary N) is 1. The summed E-state index contributed by atoms with van der Waals surface area (Å²) in [5.74, 6) is -0.917. The van der Waals surface area contributed by atoms with Crippen LogP contribution in [0.4, 0.5) is 11.5 Å². The fraction of sp³-hybridized carbons (Fsp3) is 0.250. The topological polar surface area (TPSA) is 109 Å². The van der Waals surface area contributed by atoms with Gasteiger partial charge in [-0.05, 0) is 18.2 Å². The number of sulfonamides is 1. The van der Waals surface area contributed by atoms with Crippen molar-refractivity contribution in [2.45, 2.75) is 4.90 Å². The number of nitrogens with zero attached hydrogens (tertiary/aromatic N) is 2. The van der Waals surface area contributed by atoms with Crippen molar-refractivity contribution >= 4 is 39.1 Å². The number of anilines is 2. The number of benzene rings is 1. The minimum absolute atomic E-state index is 0.0410. The van der Waals surface area contributed by atoms with Crippen molar-refractivity contribution in [1.29, 1.82) is 0 Å². The van der Waals surface area contributed by atoms with E-state index in [4.69, 9.17) is 16.3 Å². The van der Waals surface area contributed by atoms with E-state index in [0.717, 1.165) is 0 Å². The van der Waals surface area contributed by atoms with E-state index in [1.807, 2.05) is 0 Å². The van der Waals surface area contributed by atoms with E-state index in [1.165, 1.54) is 24.4 Å². The van der Waals surface area contributed by atoms with Crippen molar-refractivity contribution in [3.8, 4) is 0 Å². The molecule has 0 amide bonds. The Balaban J connectivity index is 1.93. The van der Waals surface area contributed by atoms with E-state index in [2.05, 4.69) is 9.71 Å². The summed E-state index contributed by atoms with van der Waals surface area (Å²) in [6.45, 7) is 1.97. The molecule has 8 nitrogen and oxygen atoms in total. The molecular weight excluding hydrogens is 382 g/mol. The van der Waals surface area contributed by atoms with Crippen molar-refractivity contribution in [2.75, 3.05) is 35.9 Å². The second-order valence-electron chi connectivity index (χ2n) is 5.54. The third-order valence-corrected chi connectivity index (χ3v) is 5.67. The molecule has 0 atom stereocenters. The lowest BCUT2D eigenvalue weighted by Gasteiger charge is -2.28. The van der Waals surface area contributed by atoms with Gasteiger partial charge in [-0.1, -0.05) is 23.7 Å². The standard InChI is InChI=1S/C16H16ClN3O5S/c17-13-3-1-2-4-14(13)26(23,24)19-11-9-12(16(21)22)15(18-10-11)20-5-7-25-8-6-20/h1-4,9-10,19H,5-8H2,(H,21,22). The van der Waals surface area contributed by atoms with Crippen LogP contribution in [0.25, 0.3) is 0 Å². The molecule has 1 aliphatic rings. The Hall–Kier alpha value is -2.36. The molecule has 0 unspecified atom stereocenters. The zero-order chi connectivity index (χ0) is 18.7. The molecule has 0 radical (unpaired) electrons. The quantitative estimate of drug-likeness (QED) is 0.794. The Kier molecular flexibility index (Phi) is 5.30. The summed E-state index contributed by atoms with van der Waals surface area (Å²) < 4.78 is 32.6. The van der Waals surface area contributed by atoms with Crippen molar-refractivity contribution < 1.29 is 23.1 Å². The number of morpholine rings is 1. The number of carboxylic acid groups (broad SMARTS) is 1.